The highest BCUT2D eigenvalue weighted by Crippen LogP contribution is 2.39. The number of fused-ring (bicyclic) bond motifs is 2. The Morgan fingerprint density at radius 1 is 1.07 bits per heavy atom. The van der Waals surface area contributed by atoms with Gasteiger partial charge in [-0.2, -0.15) is 5.10 Å². The molecule has 1 aliphatic rings. The summed E-state index contributed by atoms with van der Waals surface area (Å²) < 4.78 is 4.14. The third-order valence-electron chi connectivity index (χ3n) is 5.71. The number of aryl methyl sites for hydroxylation is 2. The fourth-order valence-corrected chi connectivity index (χ4v) is 4.15. The molecule has 0 amide bonds. The van der Waals surface area contributed by atoms with Crippen LogP contribution in [0.5, 0.6) is 0 Å². The van der Waals surface area contributed by atoms with E-state index in [1.165, 1.54) is 39.1 Å². The van der Waals surface area contributed by atoms with E-state index in [0.29, 0.717) is 6.04 Å². The number of aromatic nitrogens is 3. The highest BCUT2D eigenvalue weighted by Gasteiger charge is 2.18. The Morgan fingerprint density at radius 2 is 1.96 bits per heavy atom. The van der Waals surface area contributed by atoms with Crippen LogP contribution in [0.25, 0.3) is 33.3 Å². The molecule has 2 aromatic heterocycles. The van der Waals surface area contributed by atoms with Crippen molar-refractivity contribution in [3.63, 3.8) is 0 Å². The molecule has 3 heterocycles. The van der Waals surface area contributed by atoms with E-state index in [4.69, 9.17) is 0 Å². The van der Waals surface area contributed by atoms with E-state index in [2.05, 4.69) is 82.9 Å². The molecule has 0 saturated heterocycles. The summed E-state index contributed by atoms with van der Waals surface area (Å²) in [6.45, 7) is 3.24. The number of rotatable bonds is 2. The summed E-state index contributed by atoms with van der Waals surface area (Å²) in [6, 6.07) is 15.9. The van der Waals surface area contributed by atoms with Gasteiger partial charge in [-0.1, -0.05) is 24.3 Å². The first-order valence-electron chi connectivity index (χ1n) is 9.82. The molecule has 2 aromatic carbocycles. The van der Waals surface area contributed by atoms with Crippen molar-refractivity contribution < 1.29 is 0 Å². The Labute approximate surface area is 165 Å². The summed E-state index contributed by atoms with van der Waals surface area (Å²) in [4.78, 5) is 0. The summed E-state index contributed by atoms with van der Waals surface area (Å²) in [5, 5.41) is 12.8. The number of para-hydroxylation sites is 1. The van der Waals surface area contributed by atoms with Gasteiger partial charge in [0.15, 0.2) is 0 Å². The van der Waals surface area contributed by atoms with Gasteiger partial charge in [-0.25, -0.2) is 0 Å². The van der Waals surface area contributed by atoms with E-state index in [1.54, 1.807) is 0 Å². The monoisotopic (exact) mass is 371 g/mol. The second-order valence-electron chi connectivity index (χ2n) is 7.75. The molecule has 0 aliphatic carbocycles. The Hall–Kier alpha value is -3.21. The lowest BCUT2D eigenvalue weighted by molar-refractivity contribution is 0.745. The van der Waals surface area contributed by atoms with Crippen molar-refractivity contribution >= 4 is 22.3 Å². The van der Waals surface area contributed by atoms with Crippen LogP contribution >= 0.6 is 0 Å². The fraction of sp³-hybridized carbons (Fsp3) is 0.261. The third-order valence-corrected chi connectivity index (χ3v) is 5.71. The van der Waals surface area contributed by atoms with Crippen LogP contribution in [-0.4, -0.2) is 26.9 Å². The minimum Gasteiger partial charge on any atom is -0.383 e. The first-order chi connectivity index (χ1) is 13.6. The second kappa shape index (κ2) is 6.44. The van der Waals surface area contributed by atoms with Gasteiger partial charge in [-0.05, 0) is 37.1 Å². The van der Waals surface area contributed by atoms with Crippen LogP contribution in [0, 0.1) is 0 Å². The maximum atomic E-state index is 4.31. The molecule has 0 spiro atoms. The number of hydrogen-bond acceptors (Lipinski definition) is 3. The normalized spacial score (nSPS) is 16.3. The summed E-state index contributed by atoms with van der Waals surface area (Å²) in [7, 11) is 4.10. The largest absolute Gasteiger partial charge is 0.383 e. The third kappa shape index (κ3) is 2.74. The number of benzene rings is 2. The van der Waals surface area contributed by atoms with Crippen LogP contribution in [0.15, 0.2) is 54.9 Å². The zero-order valence-electron chi connectivity index (χ0n) is 16.5. The lowest BCUT2D eigenvalue weighted by Gasteiger charge is -2.17. The van der Waals surface area contributed by atoms with E-state index in [-0.39, 0.29) is 0 Å². The zero-order valence-corrected chi connectivity index (χ0v) is 16.5. The van der Waals surface area contributed by atoms with E-state index >= 15 is 0 Å². The predicted octanol–water partition coefficient (Wildman–Crippen LogP) is 4.86. The number of hydrogen-bond donors (Lipinski definition) is 2. The van der Waals surface area contributed by atoms with Gasteiger partial charge in [0, 0.05) is 54.9 Å². The lowest BCUT2D eigenvalue weighted by atomic mass is 10.1. The molecule has 4 aromatic rings. The molecule has 0 saturated carbocycles. The van der Waals surface area contributed by atoms with Gasteiger partial charge in [-0.3, -0.25) is 4.68 Å². The second-order valence-corrected chi connectivity index (χ2v) is 7.75. The maximum Gasteiger partial charge on any atom is 0.0672 e. The van der Waals surface area contributed by atoms with Crippen LogP contribution in [0.4, 0.5) is 11.4 Å². The molecule has 0 fully saturated rings. The minimum absolute atomic E-state index is 0.446. The van der Waals surface area contributed by atoms with Crippen LogP contribution in [0.1, 0.15) is 13.3 Å². The van der Waals surface area contributed by atoms with Crippen LogP contribution in [-0.2, 0) is 14.1 Å². The lowest BCUT2D eigenvalue weighted by Crippen LogP contribution is -2.15. The molecule has 0 bridgehead atoms. The number of nitrogens with one attached hydrogen (secondary N) is 2. The molecule has 1 atom stereocenters. The molecule has 0 unspecified atom stereocenters. The van der Waals surface area contributed by atoms with Gasteiger partial charge in [0.05, 0.1) is 23.3 Å². The molecule has 5 rings (SSSR count). The van der Waals surface area contributed by atoms with E-state index in [0.717, 1.165) is 18.5 Å². The predicted molar refractivity (Wildman–Crippen MR) is 117 cm³/mol. The minimum atomic E-state index is 0.446. The maximum absolute atomic E-state index is 4.31. The van der Waals surface area contributed by atoms with Crippen molar-refractivity contribution in [2.75, 3.05) is 17.2 Å². The van der Waals surface area contributed by atoms with Crippen LogP contribution in [0.3, 0.4) is 0 Å². The Bertz CT molecular complexity index is 1170. The molecule has 1 aliphatic heterocycles. The SMILES string of the molecule is C[C@@H]1CCNc2cccc(-c3cc4ccc(-c5cnn(C)c5)cc4n3C)c2N1. The average molecular weight is 371 g/mol. The Morgan fingerprint density at radius 3 is 2.79 bits per heavy atom. The molecule has 2 N–H and O–H groups in total. The molecular weight excluding hydrogens is 346 g/mol. The Kier molecular flexibility index (Phi) is 3.90. The molecule has 5 heteroatoms. The van der Waals surface area contributed by atoms with Crippen molar-refractivity contribution in [3.8, 4) is 22.4 Å². The van der Waals surface area contributed by atoms with Crippen molar-refractivity contribution in [1.29, 1.82) is 0 Å². The summed E-state index contributed by atoms with van der Waals surface area (Å²) >= 11 is 0. The average Bonchev–Trinajstić information content (AvgIpc) is 3.19. The van der Waals surface area contributed by atoms with Gasteiger partial charge in [0.1, 0.15) is 0 Å². The van der Waals surface area contributed by atoms with Gasteiger partial charge < -0.3 is 15.2 Å². The van der Waals surface area contributed by atoms with Crippen molar-refractivity contribution in [2.45, 2.75) is 19.4 Å². The zero-order chi connectivity index (χ0) is 19.3. The summed E-state index contributed by atoms with van der Waals surface area (Å²) in [5.41, 5.74) is 8.39. The first kappa shape index (κ1) is 16.9. The summed E-state index contributed by atoms with van der Waals surface area (Å²) in [6.07, 6.45) is 5.08. The van der Waals surface area contributed by atoms with Crippen LogP contribution < -0.4 is 10.6 Å². The number of nitrogens with zero attached hydrogens (tertiary/aromatic N) is 3. The van der Waals surface area contributed by atoms with E-state index < -0.39 is 0 Å². The molecule has 0 radical (unpaired) electrons. The van der Waals surface area contributed by atoms with Crippen molar-refractivity contribution in [1.82, 2.24) is 14.3 Å². The molecule has 5 nitrogen and oxygen atoms in total. The van der Waals surface area contributed by atoms with Crippen molar-refractivity contribution in [3.05, 3.63) is 54.9 Å². The van der Waals surface area contributed by atoms with E-state index in [9.17, 15) is 0 Å². The van der Waals surface area contributed by atoms with Gasteiger partial charge >= 0.3 is 0 Å². The fourth-order valence-electron chi connectivity index (χ4n) is 4.15. The molecule has 142 valence electrons. The smallest absolute Gasteiger partial charge is 0.0672 e. The van der Waals surface area contributed by atoms with Gasteiger partial charge in [0.2, 0.25) is 0 Å². The quantitative estimate of drug-likeness (QED) is 0.529. The summed E-state index contributed by atoms with van der Waals surface area (Å²) in [5.74, 6) is 0. The first-order valence-corrected chi connectivity index (χ1v) is 9.82. The van der Waals surface area contributed by atoms with Crippen LogP contribution in [0.2, 0.25) is 0 Å². The topological polar surface area (TPSA) is 46.8 Å². The van der Waals surface area contributed by atoms with E-state index in [1.807, 2.05) is 17.9 Å². The standard InChI is InChI=1S/C23H25N5/c1-15-9-10-24-20-6-4-5-19(23(20)26-15)22-12-17-8-7-16(11-21(17)28(22)3)18-13-25-27(2)14-18/h4-8,11-15,24,26H,9-10H2,1-3H3/t15-/m1/s1. The highest BCUT2D eigenvalue weighted by atomic mass is 15.2. The van der Waals surface area contributed by atoms with Gasteiger partial charge in [-0.15, -0.1) is 0 Å². The molecule has 28 heavy (non-hydrogen) atoms. The highest BCUT2D eigenvalue weighted by molar-refractivity contribution is 5.94. The number of anilines is 2. The molecular formula is C23H25N5. The Balaban J connectivity index is 1.66. The van der Waals surface area contributed by atoms with Gasteiger partial charge in [0.25, 0.3) is 0 Å². The van der Waals surface area contributed by atoms with Crippen molar-refractivity contribution in [2.24, 2.45) is 14.1 Å².